The zero-order valence-electron chi connectivity index (χ0n) is 10.5. The average Bonchev–Trinajstić information content (AvgIpc) is 2.79. The summed E-state index contributed by atoms with van der Waals surface area (Å²) < 4.78 is 0. The highest BCUT2D eigenvalue weighted by Crippen LogP contribution is 2.38. The molecule has 0 atom stereocenters. The molecule has 1 nitrogen and oxygen atoms in total. The van der Waals surface area contributed by atoms with Gasteiger partial charge in [-0.15, -0.1) is 0 Å². The average molecular weight is 238 g/mol. The van der Waals surface area contributed by atoms with Gasteiger partial charge in [-0.3, -0.25) is 0 Å². The third-order valence-corrected chi connectivity index (χ3v) is 3.80. The first-order chi connectivity index (χ1) is 8.90. The zero-order valence-corrected chi connectivity index (χ0v) is 10.5. The maximum Gasteiger partial charge on any atom is 0.0431 e. The molecule has 0 spiro atoms. The lowest BCUT2D eigenvalue weighted by atomic mass is 9.97. The Hall–Kier alpha value is -1.60. The number of unbranched alkanes of at least 4 members (excludes halogenated alkanes) is 1. The quantitative estimate of drug-likeness (QED) is 0.689. The van der Waals surface area contributed by atoms with Crippen LogP contribution in [-0.2, 0) is 12.8 Å². The molecule has 2 aromatic carbocycles. The van der Waals surface area contributed by atoms with E-state index in [1.807, 2.05) is 0 Å². The van der Waals surface area contributed by atoms with Crippen LogP contribution in [-0.4, -0.2) is 11.7 Å². The largest absolute Gasteiger partial charge is 0.396 e. The van der Waals surface area contributed by atoms with E-state index in [9.17, 15) is 0 Å². The molecule has 0 heterocycles. The Kier molecular flexibility index (Phi) is 3.16. The highest BCUT2D eigenvalue weighted by molar-refractivity contribution is 5.77. The van der Waals surface area contributed by atoms with E-state index >= 15 is 0 Å². The predicted octanol–water partition coefficient (Wildman–Crippen LogP) is 3.57. The molecule has 1 aliphatic rings. The maximum atomic E-state index is 8.88. The van der Waals surface area contributed by atoms with Gasteiger partial charge in [-0.1, -0.05) is 42.5 Å². The molecule has 1 N–H and O–H groups in total. The molecule has 1 aliphatic carbocycles. The summed E-state index contributed by atoms with van der Waals surface area (Å²) >= 11 is 0. The highest BCUT2D eigenvalue weighted by atomic mass is 16.2. The molecule has 0 fully saturated rings. The van der Waals surface area contributed by atoms with Crippen LogP contribution < -0.4 is 0 Å². The van der Waals surface area contributed by atoms with Gasteiger partial charge >= 0.3 is 0 Å². The molecule has 0 aliphatic heterocycles. The fourth-order valence-electron chi connectivity index (χ4n) is 2.88. The molecule has 0 saturated carbocycles. The number of rotatable bonds is 4. The summed E-state index contributed by atoms with van der Waals surface area (Å²) in [5.74, 6) is 0. The number of hydrogen-bond acceptors (Lipinski definition) is 1. The molecule has 2 aromatic rings. The third kappa shape index (κ3) is 1.95. The summed E-state index contributed by atoms with van der Waals surface area (Å²) in [5.41, 5.74) is 7.21. The fourth-order valence-corrected chi connectivity index (χ4v) is 2.88. The van der Waals surface area contributed by atoms with Crippen molar-refractivity contribution in [2.45, 2.75) is 25.7 Å². The van der Waals surface area contributed by atoms with Gasteiger partial charge in [-0.2, -0.15) is 0 Å². The number of aliphatic hydroxyl groups is 1. The second-order valence-electron chi connectivity index (χ2n) is 4.96. The smallest absolute Gasteiger partial charge is 0.0431 e. The molecular formula is C17H18O. The van der Waals surface area contributed by atoms with Crippen molar-refractivity contribution in [3.8, 4) is 11.1 Å². The van der Waals surface area contributed by atoms with Gasteiger partial charge in [0.2, 0.25) is 0 Å². The first-order valence-corrected chi connectivity index (χ1v) is 6.70. The van der Waals surface area contributed by atoms with Gasteiger partial charge in [0.1, 0.15) is 0 Å². The standard InChI is InChI=1S/C17H18O/c18-11-4-3-6-13-8-5-10-16-15-9-2-1-7-14(15)12-17(13)16/h1-2,5,7-10,18H,3-4,6,11-12H2. The van der Waals surface area contributed by atoms with Crippen LogP contribution in [0.2, 0.25) is 0 Å². The van der Waals surface area contributed by atoms with E-state index in [4.69, 9.17) is 5.11 Å². The molecule has 18 heavy (non-hydrogen) atoms. The number of fused-ring (bicyclic) bond motifs is 3. The fraction of sp³-hybridized carbons (Fsp3) is 0.294. The summed E-state index contributed by atoms with van der Waals surface area (Å²) in [7, 11) is 0. The van der Waals surface area contributed by atoms with Gasteiger partial charge in [-0.25, -0.2) is 0 Å². The van der Waals surface area contributed by atoms with Gasteiger partial charge in [0, 0.05) is 6.61 Å². The van der Waals surface area contributed by atoms with Crippen molar-refractivity contribution in [2.24, 2.45) is 0 Å². The van der Waals surface area contributed by atoms with E-state index < -0.39 is 0 Å². The Bertz CT molecular complexity index is 557. The Labute approximate surface area is 108 Å². The van der Waals surface area contributed by atoms with E-state index in [0.29, 0.717) is 6.61 Å². The van der Waals surface area contributed by atoms with Crippen LogP contribution in [0.1, 0.15) is 29.5 Å². The van der Waals surface area contributed by atoms with Crippen molar-refractivity contribution in [1.82, 2.24) is 0 Å². The van der Waals surface area contributed by atoms with E-state index in [-0.39, 0.29) is 0 Å². The van der Waals surface area contributed by atoms with Crippen LogP contribution >= 0.6 is 0 Å². The van der Waals surface area contributed by atoms with Crippen LogP contribution in [0, 0.1) is 0 Å². The minimum atomic E-state index is 0.301. The molecule has 3 rings (SSSR count). The maximum absolute atomic E-state index is 8.88. The van der Waals surface area contributed by atoms with Crippen molar-refractivity contribution in [3.63, 3.8) is 0 Å². The number of benzene rings is 2. The summed E-state index contributed by atoms with van der Waals surface area (Å²) in [6.07, 6.45) is 4.12. The monoisotopic (exact) mass is 238 g/mol. The number of aliphatic hydroxyl groups excluding tert-OH is 1. The minimum Gasteiger partial charge on any atom is -0.396 e. The number of aryl methyl sites for hydroxylation is 1. The Morgan fingerprint density at radius 2 is 1.72 bits per heavy atom. The van der Waals surface area contributed by atoms with Gasteiger partial charge < -0.3 is 5.11 Å². The Morgan fingerprint density at radius 3 is 2.61 bits per heavy atom. The summed E-state index contributed by atoms with van der Waals surface area (Å²) in [6, 6.07) is 15.3. The van der Waals surface area contributed by atoms with Crippen LogP contribution in [0.15, 0.2) is 42.5 Å². The molecule has 0 amide bonds. The minimum absolute atomic E-state index is 0.301. The van der Waals surface area contributed by atoms with Crippen molar-refractivity contribution >= 4 is 0 Å². The number of hydrogen-bond donors (Lipinski definition) is 1. The summed E-state index contributed by atoms with van der Waals surface area (Å²) in [4.78, 5) is 0. The lowest BCUT2D eigenvalue weighted by molar-refractivity contribution is 0.284. The van der Waals surface area contributed by atoms with Crippen LogP contribution in [0.3, 0.4) is 0 Å². The van der Waals surface area contributed by atoms with E-state index in [2.05, 4.69) is 42.5 Å². The summed E-state index contributed by atoms with van der Waals surface area (Å²) in [6.45, 7) is 0.301. The molecule has 0 radical (unpaired) electrons. The summed E-state index contributed by atoms with van der Waals surface area (Å²) in [5, 5.41) is 8.88. The molecule has 0 unspecified atom stereocenters. The molecule has 0 bridgehead atoms. The first-order valence-electron chi connectivity index (χ1n) is 6.70. The molecular weight excluding hydrogens is 220 g/mol. The Morgan fingerprint density at radius 1 is 0.889 bits per heavy atom. The third-order valence-electron chi connectivity index (χ3n) is 3.80. The van der Waals surface area contributed by atoms with Gasteiger partial charge in [0.05, 0.1) is 0 Å². The molecule has 1 heteroatoms. The lowest BCUT2D eigenvalue weighted by Gasteiger charge is -2.08. The van der Waals surface area contributed by atoms with Gasteiger partial charge in [-0.05, 0) is 53.5 Å². The second kappa shape index (κ2) is 4.95. The van der Waals surface area contributed by atoms with Crippen LogP contribution in [0.4, 0.5) is 0 Å². The van der Waals surface area contributed by atoms with Crippen molar-refractivity contribution in [1.29, 1.82) is 0 Å². The normalized spacial score (nSPS) is 12.3. The van der Waals surface area contributed by atoms with Gasteiger partial charge in [0.25, 0.3) is 0 Å². The lowest BCUT2D eigenvalue weighted by Crippen LogP contribution is -1.94. The highest BCUT2D eigenvalue weighted by Gasteiger charge is 2.19. The zero-order chi connectivity index (χ0) is 12.4. The molecule has 0 saturated heterocycles. The molecule has 92 valence electrons. The van der Waals surface area contributed by atoms with Crippen molar-refractivity contribution < 1.29 is 5.11 Å². The van der Waals surface area contributed by atoms with Crippen molar-refractivity contribution in [2.75, 3.05) is 6.61 Å². The van der Waals surface area contributed by atoms with E-state index in [1.54, 1.807) is 0 Å². The first kappa shape index (κ1) is 11.5. The van der Waals surface area contributed by atoms with Crippen LogP contribution in [0.5, 0.6) is 0 Å². The Balaban J connectivity index is 1.93. The van der Waals surface area contributed by atoms with E-state index in [1.165, 1.54) is 27.8 Å². The predicted molar refractivity (Wildman–Crippen MR) is 74.7 cm³/mol. The van der Waals surface area contributed by atoms with E-state index in [0.717, 1.165) is 25.7 Å². The second-order valence-corrected chi connectivity index (χ2v) is 4.96. The topological polar surface area (TPSA) is 20.2 Å². The van der Waals surface area contributed by atoms with Gasteiger partial charge in [0.15, 0.2) is 0 Å². The van der Waals surface area contributed by atoms with Crippen LogP contribution in [0.25, 0.3) is 11.1 Å². The molecule has 0 aromatic heterocycles. The van der Waals surface area contributed by atoms with Crippen molar-refractivity contribution in [3.05, 3.63) is 59.2 Å². The SMILES string of the molecule is OCCCCc1cccc2c1Cc1ccccc1-2.